The number of hydrogen-bond acceptors (Lipinski definition) is 4. The monoisotopic (exact) mass is 445 g/mol. The fourth-order valence-electron chi connectivity index (χ4n) is 3.67. The Kier molecular flexibility index (Phi) is 10.2. The van der Waals surface area contributed by atoms with Gasteiger partial charge in [-0.3, -0.25) is 4.72 Å². The van der Waals surface area contributed by atoms with Gasteiger partial charge in [0.1, 0.15) is 0 Å². The second kappa shape index (κ2) is 12.6. The zero-order valence-electron chi connectivity index (χ0n) is 19.4. The molecule has 0 saturated heterocycles. The van der Waals surface area contributed by atoms with E-state index in [9.17, 15) is 8.42 Å². The Balaban J connectivity index is 2.10. The Bertz CT molecular complexity index is 883. The molecule has 2 aromatic rings. The van der Waals surface area contributed by atoms with Crippen molar-refractivity contribution in [3.63, 3.8) is 0 Å². The average Bonchev–Trinajstić information content (AvgIpc) is 2.75. The summed E-state index contributed by atoms with van der Waals surface area (Å²) in [6.45, 7) is 8.32. The summed E-state index contributed by atoms with van der Waals surface area (Å²) in [6.07, 6.45) is 9.78. The highest BCUT2D eigenvalue weighted by atomic mass is 32.2. The summed E-state index contributed by atoms with van der Waals surface area (Å²) in [4.78, 5) is 2.67. The van der Waals surface area contributed by atoms with Gasteiger partial charge in [0.25, 0.3) is 10.0 Å². The van der Waals surface area contributed by atoms with Crippen molar-refractivity contribution < 1.29 is 8.42 Å². The zero-order valence-corrected chi connectivity index (χ0v) is 20.2. The molecule has 172 valence electrons. The van der Waals surface area contributed by atoms with Crippen molar-refractivity contribution in [3.8, 4) is 0 Å². The van der Waals surface area contributed by atoms with Crippen LogP contribution in [0.15, 0.2) is 47.4 Å². The van der Waals surface area contributed by atoms with Crippen LogP contribution in [0.2, 0.25) is 0 Å². The van der Waals surface area contributed by atoms with Gasteiger partial charge in [0.2, 0.25) is 0 Å². The molecule has 0 aliphatic carbocycles. The van der Waals surface area contributed by atoms with Crippen LogP contribution in [0.5, 0.6) is 0 Å². The largest absolute Gasteiger partial charge is 0.399 e. The predicted molar refractivity (Wildman–Crippen MR) is 133 cm³/mol. The van der Waals surface area contributed by atoms with Gasteiger partial charge in [-0.1, -0.05) is 52.4 Å². The lowest BCUT2D eigenvalue weighted by Gasteiger charge is -2.25. The average molecular weight is 446 g/mol. The van der Waals surface area contributed by atoms with E-state index in [2.05, 4.69) is 23.5 Å². The second-order valence-electron chi connectivity index (χ2n) is 8.28. The number of aryl methyl sites for hydroxylation is 1. The van der Waals surface area contributed by atoms with Gasteiger partial charge in [0.15, 0.2) is 0 Å². The van der Waals surface area contributed by atoms with Crippen LogP contribution in [0.1, 0.15) is 70.8 Å². The van der Waals surface area contributed by atoms with E-state index in [1.165, 1.54) is 51.4 Å². The van der Waals surface area contributed by atoms with Gasteiger partial charge in [-0.25, -0.2) is 8.42 Å². The van der Waals surface area contributed by atoms with Gasteiger partial charge < -0.3 is 10.6 Å². The summed E-state index contributed by atoms with van der Waals surface area (Å²) in [7, 11) is -3.65. The van der Waals surface area contributed by atoms with E-state index in [4.69, 9.17) is 5.73 Å². The van der Waals surface area contributed by atoms with Gasteiger partial charge in [-0.15, -0.1) is 0 Å². The number of nitrogens with two attached hydrogens (primary N) is 1. The molecule has 0 unspecified atom stereocenters. The number of benzene rings is 2. The van der Waals surface area contributed by atoms with E-state index in [0.717, 1.165) is 24.3 Å². The standard InChI is InChI=1S/C25H39N3O2S/c1-4-6-8-10-18-28(19-11-9-7-5-2)23-13-15-24(16-14-23)31(29,30)27-25-17-12-22(26)20-21(25)3/h12-17,20,27H,4-11,18-19,26H2,1-3H3. The number of anilines is 3. The van der Waals surface area contributed by atoms with Crippen LogP contribution in [0.4, 0.5) is 17.1 Å². The van der Waals surface area contributed by atoms with E-state index < -0.39 is 10.0 Å². The highest BCUT2D eigenvalue weighted by molar-refractivity contribution is 7.92. The molecule has 6 heteroatoms. The van der Waals surface area contributed by atoms with Crippen molar-refractivity contribution in [1.82, 2.24) is 0 Å². The van der Waals surface area contributed by atoms with Crippen molar-refractivity contribution in [2.75, 3.05) is 28.4 Å². The second-order valence-corrected chi connectivity index (χ2v) is 9.96. The van der Waals surface area contributed by atoms with E-state index >= 15 is 0 Å². The molecule has 0 heterocycles. The summed E-state index contributed by atoms with van der Waals surface area (Å²) in [5.41, 5.74) is 8.82. The molecule has 0 aliphatic heterocycles. The number of nitrogens with one attached hydrogen (secondary N) is 1. The van der Waals surface area contributed by atoms with Crippen LogP contribution >= 0.6 is 0 Å². The lowest BCUT2D eigenvalue weighted by molar-refractivity contribution is 0.600. The number of nitrogens with zero attached hydrogens (tertiary/aromatic N) is 1. The molecule has 0 radical (unpaired) electrons. The Morgan fingerprint density at radius 1 is 0.839 bits per heavy atom. The van der Waals surface area contributed by atoms with E-state index in [1.54, 1.807) is 30.3 Å². The molecular formula is C25H39N3O2S. The molecule has 0 aromatic heterocycles. The fourth-order valence-corrected chi connectivity index (χ4v) is 4.80. The number of nitrogen functional groups attached to an aromatic ring is 1. The highest BCUT2D eigenvalue weighted by Crippen LogP contribution is 2.24. The summed E-state index contributed by atoms with van der Waals surface area (Å²) >= 11 is 0. The highest BCUT2D eigenvalue weighted by Gasteiger charge is 2.16. The Morgan fingerprint density at radius 3 is 1.94 bits per heavy atom. The third-order valence-electron chi connectivity index (χ3n) is 5.57. The summed E-state index contributed by atoms with van der Waals surface area (Å²) in [6, 6.07) is 12.4. The van der Waals surface area contributed by atoms with E-state index in [1.807, 2.05) is 19.1 Å². The zero-order chi connectivity index (χ0) is 22.7. The summed E-state index contributed by atoms with van der Waals surface area (Å²) in [5, 5.41) is 0. The van der Waals surface area contributed by atoms with Crippen LogP contribution in [0.25, 0.3) is 0 Å². The van der Waals surface area contributed by atoms with Gasteiger partial charge >= 0.3 is 0 Å². The predicted octanol–water partition coefficient (Wildman–Crippen LogP) is 6.35. The SMILES string of the molecule is CCCCCCN(CCCCCC)c1ccc(S(=O)(=O)Nc2ccc(N)cc2C)cc1. The summed E-state index contributed by atoms with van der Waals surface area (Å²) < 4.78 is 28.4. The molecule has 0 aliphatic rings. The van der Waals surface area contributed by atoms with Crippen LogP contribution in [-0.2, 0) is 10.0 Å². The number of hydrogen-bond donors (Lipinski definition) is 2. The first-order valence-corrected chi connectivity index (χ1v) is 13.1. The van der Waals surface area contributed by atoms with Crippen molar-refractivity contribution in [2.45, 2.75) is 77.0 Å². The number of rotatable bonds is 14. The molecule has 2 rings (SSSR count). The lowest BCUT2D eigenvalue weighted by atomic mass is 10.1. The molecule has 0 fully saturated rings. The first-order valence-electron chi connectivity index (χ1n) is 11.6. The molecule has 0 bridgehead atoms. The molecule has 3 N–H and O–H groups in total. The summed E-state index contributed by atoms with van der Waals surface area (Å²) in [5.74, 6) is 0. The van der Waals surface area contributed by atoms with Gasteiger partial charge in [-0.2, -0.15) is 0 Å². The van der Waals surface area contributed by atoms with Crippen LogP contribution in [0.3, 0.4) is 0 Å². The smallest absolute Gasteiger partial charge is 0.261 e. The van der Waals surface area contributed by atoms with Crippen molar-refractivity contribution in [3.05, 3.63) is 48.0 Å². The lowest BCUT2D eigenvalue weighted by Crippen LogP contribution is -2.25. The molecule has 5 nitrogen and oxygen atoms in total. The Labute approximate surface area is 189 Å². The van der Waals surface area contributed by atoms with Crippen LogP contribution < -0.4 is 15.4 Å². The third kappa shape index (κ3) is 8.09. The van der Waals surface area contributed by atoms with E-state index in [0.29, 0.717) is 11.4 Å². The van der Waals surface area contributed by atoms with Crippen LogP contribution in [-0.4, -0.2) is 21.5 Å². The number of sulfonamides is 1. The molecule has 0 amide bonds. The Morgan fingerprint density at radius 2 is 1.42 bits per heavy atom. The Hall–Kier alpha value is -2.21. The molecule has 31 heavy (non-hydrogen) atoms. The minimum Gasteiger partial charge on any atom is -0.399 e. The molecular weight excluding hydrogens is 406 g/mol. The maximum absolute atomic E-state index is 12.9. The minimum absolute atomic E-state index is 0.268. The van der Waals surface area contributed by atoms with Crippen molar-refractivity contribution >= 4 is 27.1 Å². The van der Waals surface area contributed by atoms with E-state index in [-0.39, 0.29) is 4.90 Å². The van der Waals surface area contributed by atoms with Gasteiger partial charge in [0, 0.05) is 24.5 Å². The molecule has 0 atom stereocenters. The molecule has 0 saturated carbocycles. The first-order chi connectivity index (χ1) is 14.9. The maximum atomic E-state index is 12.9. The molecule has 0 spiro atoms. The topological polar surface area (TPSA) is 75.4 Å². The van der Waals surface area contributed by atoms with Gasteiger partial charge in [-0.05, 0) is 67.8 Å². The van der Waals surface area contributed by atoms with Gasteiger partial charge in [0.05, 0.1) is 10.6 Å². The van der Waals surface area contributed by atoms with Crippen molar-refractivity contribution in [1.29, 1.82) is 0 Å². The van der Waals surface area contributed by atoms with Crippen LogP contribution in [0, 0.1) is 6.92 Å². The quantitative estimate of drug-likeness (QED) is 0.263. The third-order valence-corrected chi connectivity index (χ3v) is 6.95. The molecule has 2 aromatic carbocycles. The minimum atomic E-state index is -3.65. The maximum Gasteiger partial charge on any atom is 0.261 e. The normalized spacial score (nSPS) is 11.5. The van der Waals surface area contributed by atoms with Crippen molar-refractivity contribution in [2.24, 2.45) is 0 Å². The first kappa shape index (κ1) is 25.1. The number of unbranched alkanes of at least 4 members (excludes halogenated alkanes) is 6. The fraction of sp³-hybridized carbons (Fsp3) is 0.520.